The molecule has 0 spiro atoms. The zero-order valence-electron chi connectivity index (χ0n) is 13.8. The van der Waals surface area contributed by atoms with Crippen molar-refractivity contribution in [3.63, 3.8) is 0 Å². The third kappa shape index (κ3) is 3.93. The van der Waals surface area contributed by atoms with E-state index in [9.17, 15) is 4.79 Å². The number of benzene rings is 1. The maximum atomic E-state index is 12.4. The van der Waals surface area contributed by atoms with Crippen molar-refractivity contribution in [2.45, 2.75) is 0 Å². The number of carbonyl (C=O) groups is 1. The summed E-state index contributed by atoms with van der Waals surface area (Å²) < 4.78 is 5.19. The predicted molar refractivity (Wildman–Crippen MR) is 93.8 cm³/mol. The van der Waals surface area contributed by atoms with Crippen LogP contribution in [0.5, 0.6) is 5.75 Å². The summed E-state index contributed by atoms with van der Waals surface area (Å²) in [6.45, 7) is 3.12. The molecule has 1 aromatic heterocycles. The number of carbonyl (C=O) groups excluding carboxylic acids is 1. The molecule has 1 saturated heterocycles. The van der Waals surface area contributed by atoms with Crippen LogP contribution in [-0.2, 0) is 4.79 Å². The van der Waals surface area contributed by atoms with Crippen molar-refractivity contribution in [1.29, 1.82) is 0 Å². The standard InChI is InChI=1S/C19H21N3O2/c1-24-17-6-4-5-16(15-17)8-9-19(23)22-13-11-21(12-14-22)18-7-2-3-10-20-18/h2-10,15H,11-14H2,1H3/p+1/b9-8+. The minimum atomic E-state index is 0.0505. The molecule has 2 heterocycles. The second-order valence-electron chi connectivity index (χ2n) is 5.67. The zero-order valence-corrected chi connectivity index (χ0v) is 13.8. The minimum absolute atomic E-state index is 0.0505. The van der Waals surface area contributed by atoms with E-state index in [1.54, 1.807) is 13.2 Å². The van der Waals surface area contributed by atoms with Gasteiger partial charge in [-0.15, -0.1) is 0 Å². The normalized spacial score (nSPS) is 14.9. The first kappa shape index (κ1) is 16.1. The minimum Gasteiger partial charge on any atom is -0.497 e. The topological polar surface area (TPSA) is 46.9 Å². The Hall–Kier alpha value is -2.82. The van der Waals surface area contributed by atoms with Gasteiger partial charge in [-0.2, -0.15) is 0 Å². The third-order valence-corrected chi connectivity index (χ3v) is 4.14. The quantitative estimate of drug-likeness (QED) is 0.807. The maximum Gasteiger partial charge on any atom is 0.274 e. The molecule has 0 saturated carbocycles. The summed E-state index contributed by atoms with van der Waals surface area (Å²) in [4.78, 5) is 19.7. The number of hydrogen-bond acceptors (Lipinski definition) is 3. The lowest BCUT2D eigenvalue weighted by molar-refractivity contribution is -0.364. The lowest BCUT2D eigenvalue weighted by Gasteiger charge is -2.30. The van der Waals surface area contributed by atoms with Gasteiger partial charge < -0.3 is 9.64 Å². The van der Waals surface area contributed by atoms with Gasteiger partial charge in [0.15, 0.2) is 0 Å². The van der Waals surface area contributed by atoms with Crippen LogP contribution in [0.25, 0.3) is 6.08 Å². The molecule has 0 atom stereocenters. The van der Waals surface area contributed by atoms with Crippen molar-refractivity contribution in [2.75, 3.05) is 38.2 Å². The van der Waals surface area contributed by atoms with E-state index >= 15 is 0 Å². The van der Waals surface area contributed by atoms with Gasteiger partial charge >= 0.3 is 0 Å². The fraction of sp³-hybridized carbons (Fsp3) is 0.263. The Morgan fingerprint density at radius 3 is 2.67 bits per heavy atom. The van der Waals surface area contributed by atoms with Gasteiger partial charge in [-0.25, -0.2) is 4.98 Å². The molecule has 0 aliphatic carbocycles. The first-order valence-corrected chi connectivity index (χ1v) is 8.09. The van der Waals surface area contributed by atoms with Crippen LogP contribution < -0.4 is 14.6 Å². The van der Waals surface area contributed by atoms with E-state index in [0.717, 1.165) is 43.3 Å². The third-order valence-electron chi connectivity index (χ3n) is 4.14. The molecule has 124 valence electrons. The van der Waals surface area contributed by atoms with Gasteiger partial charge in [-0.1, -0.05) is 18.2 Å². The lowest BCUT2D eigenvalue weighted by atomic mass is 10.2. The van der Waals surface area contributed by atoms with E-state index in [0.29, 0.717) is 0 Å². The Bertz CT molecular complexity index is 708. The number of aromatic amines is 1. The molecule has 24 heavy (non-hydrogen) atoms. The maximum absolute atomic E-state index is 12.4. The number of ether oxygens (including phenoxy) is 1. The number of methoxy groups -OCH3 is 1. The average Bonchev–Trinajstić information content (AvgIpc) is 2.67. The number of pyridine rings is 1. The van der Waals surface area contributed by atoms with Gasteiger partial charge in [0.05, 0.1) is 26.4 Å². The molecule has 2 aromatic rings. The van der Waals surface area contributed by atoms with Crippen molar-refractivity contribution in [3.8, 4) is 5.75 Å². The van der Waals surface area contributed by atoms with Gasteiger partial charge in [0, 0.05) is 12.1 Å². The molecule has 1 amide bonds. The highest BCUT2D eigenvalue weighted by atomic mass is 16.5. The average molecular weight is 324 g/mol. The molecule has 5 nitrogen and oxygen atoms in total. The second kappa shape index (κ2) is 7.64. The molecule has 1 N–H and O–H groups in total. The predicted octanol–water partition coefficient (Wildman–Crippen LogP) is 1.87. The van der Waals surface area contributed by atoms with Crippen LogP contribution in [0.15, 0.2) is 54.7 Å². The number of anilines is 1. The largest absolute Gasteiger partial charge is 0.497 e. The monoisotopic (exact) mass is 324 g/mol. The number of rotatable bonds is 4. The molecule has 0 radical (unpaired) electrons. The summed E-state index contributed by atoms with van der Waals surface area (Å²) in [5.41, 5.74) is 0.959. The van der Waals surface area contributed by atoms with Crippen LogP contribution in [0.1, 0.15) is 5.56 Å². The van der Waals surface area contributed by atoms with Crippen molar-refractivity contribution >= 4 is 17.8 Å². The fourth-order valence-corrected chi connectivity index (χ4v) is 2.77. The van der Waals surface area contributed by atoms with Crippen LogP contribution in [0.2, 0.25) is 0 Å². The Kier molecular flexibility index (Phi) is 5.11. The Labute approximate surface area is 142 Å². The summed E-state index contributed by atoms with van der Waals surface area (Å²) in [7, 11) is 1.64. The molecule has 0 bridgehead atoms. The van der Waals surface area contributed by atoms with E-state index in [1.807, 2.05) is 53.6 Å². The summed E-state index contributed by atoms with van der Waals surface area (Å²) >= 11 is 0. The number of nitrogens with one attached hydrogen (secondary N) is 1. The number of H-pyrrole nitrogens is 1. The first-order valence-electron chi connectivity index (χ1n) is 8.09. The van der Waals surface area contributed by atoms with E-state index < -0.39 is 0 Å². The molecule has 1 aromatic carbocycles. The molecule has 0 unspecified atom stereocenters. The number of nitrogens with zero attached hydrogens (tertiary/aromatic N) is 2. The number of aromatic nitrogens is 1. The summed E-state index contributed by atoms with van der Waals surface area (Å²) in [5.74, 6) is 1.93. The van der Waals surface area contributed by atoms with E-state index in [2.05, 4.69) is 16.0 Å². The van der Waals surface area contributed by atoms with E-state index in [1.165, 1.54) is 0 Å². The highest BCUT2D eigenvalue weighted by Crippen LogP contribution is 2.14. The van der Waals surface area contributed by atoms with Crippen LogP contribution in [-0.4, -0.2) is 44.1 Å². The molecular formula is C19H22N3O2+. The molecule has 1 aliphatic rings. The molecular weight excluding hydrogens is 302 g/mol. The van der Waals surface area contributed by atoms with Crippen LogP contribution in [0.4, 0.5) is 5.82 Å². The molecule has 5 heteroatoms. The molecule has 1 fully saturated rings. The van der Waals surface area contributed by atoms with Crippen molar-refractivity contribution in [2.24, 2.45) is 0 Å². The highest BCUT2D eigenvalue weighted by molar-refractivity contribution is 5.92. The smallest absolute Gasteiger partial charge is 0.274 e. The summed E-state index contributed by atoms with van der Waals surface area (Å²) in [6, 6.07) is 13.7. The lowest BCUT2D eigenvalue weighted by Crippen LogP contribution is -2.49. The Morgan fingerprint density at radius 2 is 1.96 bits per heavy atom. The summed E-state index contributed by atoms with van der Waals surface area (Å²) in [6.07, 6.45) is 5.39. The molecule has 3 rings (SSSR count). The zero-order chi connectivity index (χ0) is 16.8. The summed E-state index contributed by atoms with van der Waals surface area (Å²) in [5, 5.41) is 0. The second-order valence-corrected chi connectivity index (χ2v) is 5.67. The van der Waals surface area contributed by atoms with Crippen LogP contribution in [0.3, 0.4) is 0 Å². The van der Waals surface area contributed by atoms with Crippen LogP contribution in [0, 0.1) is 0 Å². The van der Waals surface area contributed by atoms with E-state index in [-0.39, 0.29) is 5.91 Å². The fourth-order valence-electron chi connectivity index (χ4n) is 2.77. The van der Waals surface area contributed by atoms with Gasteiger partial charge in [0.1, 0.15) is 18.8 Å². The van der Waals surface area contributed by atoms with Crippen molar-refractivity contribution in [1.82, 2.24) is 4.90 Å². The number of hydrogen-bond donors (Lipinski definition) is 0. The van der Waals surface area contributed by atoms with Crippen molar-refractivity contribution in [3.05, 3.63) is 60.3 Å². The van der Waals surface area contributed by atoms with Gasteiger partial charge in [0.2, 0.25) is 5.91 Å². The van der Waals surface area contributed by atoms with Gasteiger partial charge in [-0.3, -0.25) is 9.69 Å². The SMILES string of the molecule is COc1cccc(/C=C/C(=O)N2CCN(c3cccc[nH+]3)CC2)c1. The highest BCUT2D eigenvalue weighted by Gasteiger charge is 2.24. The number of amides is 1. The Balaban J connectivity index is 1.56. The van der Waals surface area contributed by atoms with Crippen molar-refractivity contribution < 1.29 is 14.5 Å². The Morgan fingerprint density at radius 1 is 1.12 bits per heavy atom. The number of piperazine rings is 1. The van der Waals surface area contributed by atoms with E-state index in [4.69, 9.17) is 4.74 Å². The first-order chi connectivity index (χ1) is 11.8. The van der Waals surface area contributed by atoms with Gasteiger partial charge in [0.25, 0.3) is 5.82 Å². The van der Waals surface area contributed by atoms with Crippen LogP contribution >= 0.6 is 0 Å². The van der Waals surface area contributed by atoms with Gasteiger partial charge in [-0.05, 0) is 29.8 Å². The molecule has 1 aliphatic heterocycles.